The van der Waals surface area contributed by atoms with E-state index in [-0.39, 0.29) is 24.2 Å². The van der Waals surface area contributed by atoms with Crippen molar-refractivity contribution in [1.82, 2.24) is 4.90 Å². The molecule has 0 aromatic carbocycles. The maximum atomic E-state index is 12.1. The third-order valence-electron chi connectivity index (χ3n) is 3.28. The van der Waals surface area contributed by atoms with Crippen LogP contribution in [0, 0.1) is 0 Å². The maximum absolute atomic E-state index is 12.1. The molecular formula is C12H20ClNO3. The molecule has 0 bridgehead atoms. The fourth-order valence-corrected chi connectivity index (χ4v) is 2.63. The summed E-state index contributed by atoms with van der Waals surface area (Å²) in [7, 11) is 0. The number of halogens is 1. The third-order valence-corrected chi connectivity index (χ3v) is 3.62. The minimum atomic E-state index is -0.0335. The minimum Gasteiger partial charge on any atom is -0.378 e. The van der Waals surface area contributed by atoms with E-state index in [4.69, 9.17) is 21.1 Å². The van der Waals surface area contributed by atoms with E-state index in [1.807, 2.05) is 11.8 Å². The van der Waals surface area contributed by atoms with Gasteiger partial charge < -0.3 is 14.4 Å². The van der Waals surface area contributed by atoms with Crippen LogP contribution in [0.15, 0.2) is 0 Å². The third kappa shape index (κ3) is 3.57. The highest BCUT2D eigenvalue weighted by Crippen LogP contribution is 2.19. The SMILES string of the molecule is CC1CN(C(=O)CC2CCCO2)CC(CCl)O1. The van der Waals surface area contributed by atoms with E-state index in [2.05, 4.69) is 0 Å². The van der Waals surface area contributed by atoms with Crippen molar-refractivity contribution < 1.29 is 14.3 Å². The van der Waals surface area contributed by atoms with Crippen LogP contribution in [0.4, 0.5) is 0 Å². The molecule has 3 atom stereocenters. The van der Waals surface area contributed by atoms with Gasteiger partial charge in [-0.05, 0) is 19.8 Å². The molecule has 2 fully saturated rings. The Hall–Kier alpha value is -0.320. The van der Waals surface area contributed by atoms with Gasteiger partial charge in [-0.3, -0.25) is 4.79 Å². The molecule has 98 valence electrons. The van der Waals surface area contributed by atoms with Gasteiger partial charge in [0.05, 0.1) is 30.6 Å². The number of hydrogen-bond donors (Lipinski definition) is 0. The first-order chi connectivity index (χ1) is 8.19. The number of hydrogen-bond acceptors (Lipinski definition) is 3. The second-order valence-corrected chi connectivity index (χ2v) is 5.17. The smallest absolute Gasteiger partial charge is 0.225 e. The zero-order valence-electron chi connectivity index (χ0n) is 10.2. The molecule has 3 unspecified atom stereocenters. The average molecular weight is 262 g/mol. The molecule has 0 radical (unpaired) electrons. The van der Waals surface area contributed by atoms with Crippen molar-refractivity contribution >= 4 is 17.5 Å². The Morgan fingerprint density at radius 2 is 2.24 bits per heavy atom. The van der Waals surface area contributed by atoms with Crippen LogP contribution < -0.4 is 0 Å². The lowest BCUT2D eigenvalue weighted by Crippen LogP contribution is -2.50. The van der Waals surface area contributed by atoms with Crippen LogP contribution >= 0.6 is 11.6 Å². The highest BCUT2D eigenvalue weighted by atomic mass is 35.5. The van der Waals surface area contributed by atoms with Crippen molar-refractivity contribution in [2.24, 2.45) is 0 Å². The largest absolute Gasteiger partial charge is 0.378 e. The second-order valence-electron chi connectivity index (χ2n) is 4.86. The molecule has 0 aliphatic carbocycles. The monoisotopic (exact) mass is 261 g/mol. The summed E-state index contributed by atoms with van der Waals surface area (Å²) in [6.07, 6.45) is 2.73. The predicted molar refractivity (Wildman–Crippen MR) is 65.2 cm³/mol. The molecule has 4 nitrogen and oxygen atoms in total. The lowest BCUT2D eigenvalue weighted by molar-refractivity contribution is -0.145. The van der Waals surface area contributed by atoms with Crippen molar-refractivity contribution in [1.29, 1.82) is 0 Å². The van der Waals surface area contributed by atoms with E-state index >= 15 is 0 Å². The summed E-state index contributed by atoms with van der Waals surface area (Å²) < 4.78 is 11.1. The van der Waals surface area contributed by atoms with Crippen LogP contribution in [-0.4, -0.2) is 54.7 Å². The van der Waals surface area contributed by atoms with Crippen molar-refractivity contribution in [2.75, 3.05) is 25.6 Å². The van der Waals surface area contributed by atoms with Gasteiger partial charge in [0.25, 0.3) is 0 Å². The van der Waals surface area contributed by atoms with E-state index in [1.54, 1.807) is 0 Å². The van der Waals surface area contributed by atoms with Crippen LogP contribution in [-0.2, 0) is 14.3 Å². The van der Waals surface area contributed by atoms with Gasteiger partial charge in [-0.2, -0.15) is 0 Å². The van der Waals surface area contributed by atoms with E-state index in [9.17, 15) is 4.79 Å². The Balaban J connectivity index is 1.84. The minimum absolute atomic E-state index is 0.0335. The molecule has 5 heteroatoms. The summed E-state index contributed by atoms with van der Waals surface area (Å²) in [5.41, 5.74) is 0. The molecule has 2 heterocycles. The number of ether oxygens (including phenoxy) is 2. The lowest BCUT2D eigenvalue weighted by atomic mass is 10.1. The number of carbonyl (C=O) groups excluding carboxylic acids is 1. The van der Waals surface area contributed by atoms with Crippen molar-refractivity contribution in [3.05, 3.63) is 0 Å². The zero-order valence-corrected chi connectivity index (χ0v) is 11.0. The van der Waals surface area contributed by atoms with Gasteiger partial charge in [0.1, 0.15) is 0 Å². The Kier molecular flexibility index (Phi) is 4.65. The molecule has 2 aliphatic heterocycles. The van der Waals surface area contributed by atoms with Gasteiger partial charge >= 0.3 is 0 Å². The van der Waals surface area contributed by atoms with Gasteiger partial charge in [-0.25, -0.2) is 0 Å². The van der Waals surface area contributed by atoms with Crippen molar-refractivity contribution in [3.63, 3.8) is 0 Å². The number of alkyl halides is 1. The zero-order chi connectivity index (χ0) is 12.3. The number of rotatable bonds is 3. The van der Waals surface area contributed by atoms with Gasteiger partial charge in [0, 0.05) is 19.7 Å². The summed E-state index contributed by atoms with van der Waals surface area (Å²) in [5, 5.41) is 0. The number of carbonyl (C=O) groups is 1. The van der Waals surface area contributed by atoms with Crippen LogP contribution in [0.5, 0.6) is 0 Å². The summed E-state index contributed by atoms with van der Waals surface area (Å²) in [4.78, 5) is 14.0. The summed E-state index contributed by atoms with van der Waals surface area (Å²) in [5.74, 6) is 0.607. The number of nitrogens with zero attached hydrogens (tertiary/aromatic N) is 1. The second kappa shape index (κ2) is 6.03. The number of amides is 1. The number of morpholine rings is 1. The van der Waals surface area contributed by atoms with Gasteiger partial charge in [-0.1, -0.05) is 0 Å². The fraction of sp³-hybridized carbons (Fsp3) is 0.917. The first-order valence-corrected chi connectivity index (χ1v) is 6.83. The van der Waals surface area contributed by atoms with Crippen LogP contribution in [0.25, 0.3) is 0 Å². The van der Waals surface area contributed by atoms with Crippen LogP contribution in [0.2, 0.25) is 0 Å². The van der Waals surface area contributed by atoms with Crippen LogP contribution in [0.1, 0.15) is 26.2 Å². The normalized spacial score (nSPS) is 34.0. The first kappa shape index (κ1) is 13.1. The molecule has 2 rings (SSSR count). The van der Waals surface area contributed by atoms with E-state index in [1.165, 1.54) is 0 Å². The summed E-state index contributed by atoms with van der Waals surface area (Å²) >= 11 is 5.80. The van der Waals surface area contributed by atoms with E-state index < -0.39 is 0 Å². The fourth-order valence-electron chi connectivity index (χ4n) is 2.46. The van der Waals surface area contributed by atoms with Crippen molar-refractivity contribution in [2.45, 2.75) is 44.5 Å². The van der Waals surface area contributed by atoms with Gasteiger partial charge in [0.15, 0.2) is 0 Å². The molecule has 1 amide bonds. The molecule has 0 aromatic rings. The van der Waals surface area contributed by atoms with Crippen molar-refractivity contribution in [3.8, 4) is 0 Å². The molecule has 2 aliphatic rings. The molecule has 0 N–H and O–H groups in total. The Labute approximate surface area is 107 Å². The molecule has 2 saturated heterocycles. The van der Waals surface area contributed by atoms with Gasteiger partial charge in [0.2, 0.25) is 5.91 Å². The summed E-state index contributed by atoms with van der Waals surface area (Å²) in [6, 6.07) is 0. The van der Waals surface area contributed by atoms with E-state index in [0.717, 1.165) is 19.4 Å². The topological polar surface area (TPSA) is 38.8 Å². The molecule has 0 aromatic heterocycles. The maximum Gasteiger partial charge on any atom is 0.225 e. The first-order valence-electron chi connectivity index (χ1n) is 6.30. The molecule has 17 heavy (non-hydrogen) atoms. The van der Waals surface area contributed by atoms with Gasteiger partial charge in [-0.15, -0.1) is 11.6 Å². The highest BCUT2D eigenvalue weighted by molar-refractivity contribution is 6.18. The molecule has 0 spiro atoms. The predicted octanol–water partition coefficient (Wildman–Crippen LogP) is 1.41. The average Bonchev–Trinajstić information content (AvgIpc) is 2.81. The van der Waals surface area contributed by atoms with Crippen LogP contribution in [0.3, 0.4) is 0 Å². The molecule has 0 saturated carbocycles. The Morgan fingerprint density at radius 3 is 2.88 bits per heavy atom. The molecular weight excluding hydrogens is 242 g/mol. The highest BCUT2D eigenvalue weighted by Gasteiger charge is 2.29. The van der Waals surface area contributed by atoms with E-state index in [0.29, 0.717) is 25.4 Å². The quantitative estimate of drug-likeness (QED) is 0.721. The summed E-state index contributed by atoms with van der Waals surface area (Å²) in [6.45, 7) is 4.05. The lowest BCUT2D eigenvalue weighted by Gasteiger charge is -2.36. The Bertz CT molecular complexity index is 268. The Morgan fingerprint density at radius 1 is 1.41 bits per heavy atom. The standard InChI is InChI=1S/C12H20ClNO3/c1-9-7-14(8-11(6-13)17-9)12(15)5-10-3-2-4-16-10/h9-11H,2-8H2,1H3.